The molecule has 0 aromatic heterocycles. The molecular formula is C7H21GeN. The fourth-order valence-corrected chi connectivity index (χ4v) is 0.678. The summed E-state index contributed by atoms with van der Waals surface area (Å²) in [7, 11) is 4.24. The summed E-state index contributed by atoms with van der Waals surface area (Å²) in [5.41, 5.74) is 0. The Labute approximate surface area is 69.8 Å². The second kappa shape index (κ2) is 8.50. The SMILES string of the molecule is CCCCCN(C)C.[GeH4]. The molecule has 0 aliphatic carbocycles. The van der Waals surface area contributed by atoms with Gasteiger partial charge < -0.3 is 4.90 Å². The normalized spacial score (nSPS) is 9.33. The predicted molar refractivity (Wildman–Crippen MR) is 49.4 cm³/mol. The maximum atomic E-state index is 2.23. The molecule has 0 heterocycles. The standard InChI is InChI=1S/C7H17N.GeH4/c1-4-5-6-7-8(2)3;/h4-7H2,1-3H3;1H4. The molecule has 0 fully saturated rings. The summed E-state index contributed by atoms with van der Waals surface area (Å²) < 4.78 is 0. The second-order valence-electron chi connectivity index (χ2n) is 2.51. The third-order valence-electron chi connectivity index (χ3n) is 1.21. The molecule has 0 aliphatic rings. The van der Waals surface area contributed by atoms with Gasteiger partial charge >= 0.3 is 17.6 Å². The first-order chi connectivity index (χ1) is 3.77. The van der Waals surface area contributed by atoms with Crippen molar-refractivity contribution in [3.63, 3.8) is 0 Å². The third-order valence-corrected chi connectivity index (χ3v) is 1.21. The predicted octanol–water partition coefficient (Wildman–Crippen LogP) is 0.287. The van der Waals surface area contributed by atoms with E-state index in [4.69, 9.17) is 0 Å². The first-order valence-electron chi connectivity index (χ1n) is 3.42. The average Bonchev–Trinajstić information content (AvgIpc) is 1.66. The van der Waals surface area contributed by atoms with Gasteiger partial charge in [0.05, 0.1) is 0 Å². The average molecular weight is 192 g/mol. The van der Waals surface area contributed by atoms with Gasteiger partial charge in [-0.1, -0.05) is 19.8 Å². The molecule has 0 N–H and O–H groups in total. The van der Waals surface area contributed by atoms with Gasteiger partial charge in [-0.05, 0) is 27.1 Å². The van der Waals surface area contributed by atoms with E-state index in [1.54, 1.807) is 0 Å². The van der Waals surface area contributed by atoms with E-state index in [0.717, 1.165) is 0 Å². The number of hydrogen-bond donors (Lipinski definition) is 0. The summed E-state index contributed by atoms with van der Waals surface area (Å²) in [5.74, 6) is 0. The quantitative estimate of drug-likeness (QED) is 0.456. The fraction of sp³-hybridized carbons (Fsp3) is 1.00. The number of nitrogens with zero attached hydrogens (tertiary/aromatic N) is 1. The Morgan fingerprint density at radius 1 is 1.11 bits per heavy atom. The van der Waals surface area contributed by atoms with Gasteiger partial charge in [0.15, 0.2) is 0 Å². The van der Waals surface area contributed by atoms with Crippen LogP contribution in [0.25, 0.3) is 0 Å². The molecule has 0 aliphatic heterocycles. The Kier molecular flexibility index (Phi) is 11.5. The molecule has 0 radical (unpaired) electrons. The van der Waals surface area contributed by atoms with Gasteiger partial charge in [0.1, 0.15) is 0 Å². The van der Waals surface area contributed by atoms with Gasteiger partial charge in [-0.15, -0.1) is 0 Å². The monoisotopic (exact) mass is 193 g/mol. The molecule has 0 saturated heterocycles. The Morgan fingerprint density at radius 3 is 2.00 bits per heavy atom. The van der Waals surface area contributed by atoms with Gasteiger partial charge in [-0.2, -0.15) is 0 Å². The van der Waals surface area contributed by atoms with Crippen LogP contribution in [0.1, 0.15) is 26.2 Å². The van der Waals surface area contributed by atoms with Crippen molar-refractivity contribution in [3.05, 3.63) is 0 Å². The van der Waals surface area contributed by atoms with E-state index < -0.39 is 0 Å². The van der Waals surface area contributed by atoms with Crippen molar-refractivity contribution in [1.29, 1.82) is 0 Å². The van der Waals surface area contributed by atoms with E-state index in [1.165, 1.54) is 25.8 Å². The summed E-state index contributed by atoms with van der Waals surface area (Å²) in [6, 6.07) is 0. The van der Waals surface area contributed by atoms with Crippen molar-refractivity contribution in [2.45, 2.75) is 26.2 Å². The second-order valence-corrected chi connectivity index (χ2v) is 2.51. The van der Waals surface area contributed by atoms with E-state index in [1.807, 2.05) is 0 Å². The van der Waals surface area contributed by atoms with Crippen LogP contribution >= 0.6 is 0 Å². The molecule has 1 nitrogen and oxygen atoms in total. The van der Waals surface area contributed by atoms with E-state index in [2.05, 4.69) is 25.9 Å². The minimum absolute atomic E-state index is 0. The first-order valence-corrected chi connectivity index (χ1v) is 3.42. The fourth-order valence-electron chi connectivity index (χ4n) is 0.678. The van der Waals surface area contributed by atoms with Crippen LogP contribution in [0.15, 0.2) is 0 Å². The molecule has 9 heavy (non-hydrogen) atoms. The van der Waals surface area contributed by atoms with Crippen molar-refractivity contribution in [2.24, 2.45) is 0 Å². The van der Waals surface area contributed by atoms with Crippen LogP contribution in [0.4, 0.5) is 0 Å². The van der Waals surface area contributed by atoms with Crippen LogP contribution < -0.4 is 0 Å². The number of unbranched alkanes of at least 4 members (excludes halogenated alkanes) is 2. The van der Waals surface area contributed by atoms with Crippen molar-refractivity contribution >= 4 is 17.6 Å². The maximum absolute atomic E-state index is 2.23. The van der Waals surface area contributed by atoms with Crippen LogP contribution in [0.5, 0.6) is 0 Å². The Bertz CT molecular complexity index is 46.2. The van der Waals surface area contributed by atoms with Crippen molar-refractivity contribution in [3.8, 4) is 0 Å². The van der Waals surface area contributed by atoms with Crippen molar-refractivity contribution in [2.75, 3.05) is 20.6 Å². The summed E-state index contributed by atoms with van der Waals surface area (Å²) >= 11 is 0. The number of hydrogen-bond acceptors (Lipinski definition) is 1. The van der Waals surface area contributed by atoms with Crippen LogP contribution in [0, 0.1) is 0 Å². The van der Waals surface area contributed by atoms with Gasteiger partial charge in [0.25, 0.3) is 0 Å². The molecule has 0 atom stereocenters. The Hall–Kier alpha value is 0.503. The van der Waals surface area contributed by atoms with E-state index >= 15 is 0 Å². The van der Waals surface area contributed by atoms with Gasteiger partial charge in [0.2, 0.25) is 0 Å². The van der Waals surface area contributed by atoms with Crippen molar-refractivity contribution in [1.82, 2.24) is 4.90 Å². The molecule has 58 valence electrons. The third kappa shape index (κ3) is 11.9. The molecule has 0 amide bonds. The molecule has 2 heteroatoms. The molecule has 0 spiro atoms. The summed E-state index contributed by atoms with van der Waals surface area (Å²) in [6.07, 6.45) is 4.05. The number of rotatable bonds is 4. The molecule has 0 aromatic rings. The molecule has 0 rings (SSSR count). The Morgan fingerprint density at radius 2 is 1.67 bits per heavy atom. The van der Waals surface area contributed by atoms with E-state index in [9.17, 15) is 0 Å². The van der Waals surface area contributed by atoms with Crippen LogP contribution in [-0.4, -0.2) is 43.1 Å². The molecule has 0 saturated carbocycles. The molecule has 0 bridgehead atoms. The van der Waals surface area contributed by atoms with Gasteiger partial charge in [-0.25, -0.2) is 0 Å². The zero-order valence-corrected chi connectivity index (χ0v) is 6.28. The molecule has 0 unspecified atom stereocenters. The van der Waals surface area contributed by atoms with Crippen molar-refractivity contribution < 1.29 is 0 Å². The molecule has 0 aromatic carbocycles. The van der Waals surface area contributed by atoms with E-state index in [-0.39, 0.29) is 17.6 Å². The summed E-state index contributed by atoms with van der Waals surface area (Å²) in [6.45, 7) is 3.48. The Balaban J connectivity index is 0. The zero-order chi connectivity index (χ0) is 6.41. The van der Waals surface area contributed by atoms with Crippen LogP contribution in [0.3, 0.4) is 0 Å². The topological polar surface area (TPSA) is 3.24 Å². The van der Waals surface area contributed by atoms with E-state index in [0.29, 0.717) is 0 Å². The summed E-state index contributed by atoms with van der Waals surface area (Å²) in [4.78, 5) is 2.23. The minimum atomic E-state index is 0. The summed E-state index contributed by atoms with van der Waals surface area (Å²) in [5, 5.41) is 0. The van der Waals surface area contributed by atoms with Crippen LogP contribution in [0.2, 0.25) is 0 Å². The van der Waals surface area contributed by atoms with Gasteiger partial charge in [0, 0.05) is 0 Å². The molecular weight excluding hydrogens is 171 g/mol. The first kappa shape index (κ1) is 12.2. The van der Waals surface area contributed by atoms with Gasteiger partial charge in [-0.3, -0.25) is 0 Å². The van der Waals surface area contributed by atoms with Crippen LogP contribution in [-0.2, 0) is 0 Å². The zero-order valence-electron chi connectivity index (χ0n) is 6.28.